The molecule has 0 aliphatic carbocycles. The lowest BCUT2D eigenvalue weighted by molar-refractivity contribution is -0.137. The molecule has 4 nitrogen and oxygen atoms in total. The molecule has 1 atom stereocenters. The van der Waals surface area contributed by atoms with Crippen molar-refractivity contribution in [3.63, 3.8) is 0 Å². The number of morpholine rings is 1. The fourth-order valence-corrected chi connectivity index (χ4v) is 4.13. The Hall–Kier alpha value is -2.90. The largest absolute Gasteiger partial charge is 0.416 e. The van der Waals surface area contributed by atoms with Crippen molar-refractivity contribution in [2.24, 2.45) is 0 Å². The second-order valence-electron chi connectivity index (χ2n) is 7.90. The Balaban J connectivity index is 1.48. The van der Waals surface area contributed by atoms with E-state index in [4.69, 9.17) is 4.74 Å². The molecule has 1 aliphatic heterocycles. The van der Waals surface area contributed by atoms with Crippen molar-refractivity contribution >= 4 is 16.7 Å². The van der Waals surface area contributed by atoms with Crippen molar-refractivity contribution < 1.29 is 22.7 Å². The Labute approximate surface area is 185 Å². The number of nitrogens with zero attached hydrogens (tertiary/aromatic N) is 1. The summed E-state index contributed by atoms with van der Waals surface area (Å²) in [4.78, 5) is 14.9. The number of carbonyl (C=O) groups excluding carboxylic acids is 1. The molecule has 1 N–H and O–H groups in total. The van der Waals surface area contributed by atoms with Crippen LogP contribution in [-0.4, -0.2) is 43.7 Å². The average molecular weight is 442 g/mol. The lowest BCUT2D eigenvalue weighted by atomic mass is 10.0. The Morgan fingerprint density at radius 2 is 1.66 bits per heavy atom. The van der Waals surface area contributed by atoms with Gasteiger partial charge in [-0.05, 0) is 34.0 Å². The summed E-state index contributed by atoms with van der Waals surface area (Å²) in [6.07, 6.45) is -4.14. The zero-order chi connectivity index (χ0) is 22.6. The van der Waals surface area contributed by atoms with Crippen molar-refractivity contribution in [2.45, 2.75) is 18.6 Å². The van der Waals surface area contributed by atoms with Gasteiger partial charge in [-0.1, -0.05) is 54.6 Å². The van der Waals surface area contributed by atoms with E-state index in [0.717, 1.165) is 34.0 Å². The molecular weight excluding hydrogens is 417 g/mol. The summed E-state index contributed by atoms with van der Waals surface area (Å²) in [7, 11) is 0. The number of alkyl halides is 3. The molecule has 1 unspecified atom stereocenters. The molecule has 0 aromatic heterocycles. The van der Waals surface area contributed by atoms with Crippen LogP contribution in [0.1, 0.15) is 22.7 Å². The number of hydrogen-bond acceptors (Lipinski definition) is 3. The van der Waals surface area contributed by atoms with Crippen LogP contribution in [0.2, 0.25) is 0 Å². The highest BCUT2D eigenvalue weighted by atomic mass is 19.4. The molecule has 1 amide bonds. The molecule has 32 heavy (non-hydrogen) atoms. The number of hydrogen-bond donors (Lipinski definition) is 1. The van der Waals surface area contributed by atoms with Crippen LogP contribution in [0.3, 0.4) is 0 Å². The predicted octanol–water partition coefficient (Wildman–Crippen LogP) is 4.59. The van der Waals surface area contributed by atoms with Gasteiger partial charge < -0.3 is 10.1 Å². The average Bonchev–Trinajstić information content (AvgIpc) is 2.80. The molecule has 1 aliphatic rings. The van der Waals surface area contributed by atoms with Gasteiger partial charge in [0.2, 0.25) is 5.91 Å². The van der Waals surface area contributed by atoms with E-state index in [-0.39, 0.29) is 18.4 Å². The summed E-state index contributed by atoms with van der Waals surface area (Å²) < 4.78 is 44.3. The van der Waals surface area contributed by atoms with Crippen molar-refractivity contribution in [3.8, 4) is 0 Å². The first-order chi connectivity index (χ1) is 15.4. The SMILES string of the molecule is O=C(Cc1cccc2ccccc12)NCC(c1ccc(C(F)(F)F)cc1)N1CCOCC1. The summed E-state index contributed by atoms with van der Waals surface area (Å²) in [5, 5.41) is 5.11. The highest BCUT2D eigenvalue weighted by Crippen LogP contribution is 2.31. The van der Waals surface area contributed by atoms with Gasteiger partial charge in [-0.25, -0.2) is 0 Å². The smallest absolute Gasteiger partial charge is 0.379 e. The van der Waals surface area contributed by atoms with Gasteiger partial charge >= 0.3 is 6.18 Å². The maximum absolute atomic E-state index is 13.0. The molecule has 4 rings (SSSR count). The third-order valence-corrected chi connectivity index (χ3v) is 5.83. The molecule has 7 heteroatoms. The summed E-state index contributed by atoms with van der Waals surface area (Å²) in [5.74, 6) is -0.119. The van der Waals surface area contributed by atoms with Gasteiger partial charge in [-0.3, -0.25) is 9.69 Å². The molecule has 3 aromatic carbocycles. The fourth-order valence-electron chi connectivity index (χ4n) is 4.13. The number of ether oxygens (including phenoxy) is 1. The van der Waals surface area contributed by atoms with E-state index in [9.17, 15) is 18.0 Å². The Bertz CT molecular complexity index is 1060. The standard InChI is InChI=1S/C25H25F3N2O2/c26-25(27,28)21-10-8-19(9-11-21)23(30-12-14-32-15-13-30)17-29-24(31)16-20-6-3-5-18-4-1-2-7-22(18)20/h1-11,23H,12-17H2,(H,29,31). The fraction of sp³-hybridized carbons (Fsp3) is 0.320. The first kappa shape index (κ1) is 22.3. The van der Waals surface area contributed by atoms with Crippen LogP contribution in [-0.2, 0) is 22.1 Å². The van der Waals surface area contributed by atoms with Gasteiger partial charge in [0.15, 0.2) is 0 Å². The van der Waals surface area contributed by atoms with Crippen LogP contribution in [0.5, 0.6) is 0 Å². The number of fused-ring (bicyclic) bond motifs is 1. The van der Waals surface area contributed by atoms with Crippen molar-refractivity contribution in [2.75, 3.05) is 32.8 Å². The van der Waals surface area contributed by atoms with Crippen molar-refractivity contribution in [1.29, 1.82) is 0 Å². The minimum absolute atomic E-state index is 0.119. The van der Waals surface area contributed by atoms with E-state index in [0.29, 0.717) is 32.8 Å². The van der Waals surface area contributed by atoms with E-state index in [1.54, 1.807) is 0 Å². The Morgan fingerprint density at radius 1 is 0.969 bits per heavy atom. The number of rotatable bonds is 6. The first-order valence-electron chi connectivity index (χ1n) is 10.6. The molecule has 0 bridgehead atoms. The lowest BCUT2D eigenvalue weighted by Gasteiger charge is -2.35. The molecule has 3 aromatic rings. The van der Waals surface area contributed by atoms with Gasteiger partial charge in [0.05, 0.1) is 31.2 Å². The Morgan fingerprint density at radius 3 is 2.38 bits per heavy atom. The molecule has 1 saturated heterocycles. The minimum atomic E-state index is -4.38. The van der Waals surface area contributed by atoms with Gasteiger partial charge in [-0.2, -0.15) is 13.2 Å². The van der Waals surface area contributed by atoms with Crippen LogP contribution in [0.15, 0.2) is 66.7 Å². The van der Waals surface area contributed by atoms with Crippen LogP contribution in [0.25, 0.3) is 10.8 Å². The van der Waals surface area contributed by atoms with E-state index in [2.05, 4.69) is 10.2 Å². The number of halogens is 3. The highest BCUT2D eigenvalue weighted by Gasteiger charge is 2.31. The van der Waals surface area contributed by atoms with Gasteiger partial charge in [-0.15, -0.1) is 0 Å². The molecule has 0 radical (unpaired) electrons. The van der Waals surface area contributed by atoms with E-state index < -0.39 is 11.7 Å². The van der Waals surface area contributed by atoms with Crippen LogP contribution >= 0.6 is 0 Å². The second-order valence-corrected chi connectivity index (χ2v) is 7.90. The van der Waals surface area contributed by atoms with Crippen molar-refractivity contribution in [1.82, 2.24) is 10.2 Å². The molecule has 0 saturated carbocycles. The highest BCUT2D eigenvalue weighted by molar-refractivity contribution is 5.90. The quantitative estimate of drug-likeness (QED) is 0.607. The summed E-state index contributed by atoms with van der Waals surface area (Å²) >= 11 is 0. The van der Waals surface area contributed by atoms with Gasteiger partial charge in [0.1, 0.15) is 0 Å². The third-order valence-electron chi connectivity index (χ3n) is 5.83. The van der Waals surface area contributed by atoms with E-state index in [1.807, 2.05) is 42.5 Å². The zero-order valence-electron chi connectivity index (χ0n) is 17.6. The van der Waals surface area contributed by atoms with E-state index in [1.165, 1.54) is 12.1 Å². The van der Waals surface area contributed by atoms with Gasteiger partial charge in [0.25, 0.3) is 0 Å². The molecular formula is C25H25F3N2O2. The zero-order valence-corrected chi connectivity index (χ0v) is 17.6. The van der Waals surface area contributed by atoms with E-state index >= 15 is 0 Å². The molecule has 1 fully saturated rings. The van der Waals surface area contributed by atoms with Crippen LogP contribution in [0.4, 0.5) is 13.2 Å². The first-order valence-corrected chi connectivity index (χ1v) is 10.6. The molecule has 168 valence electrons. The number of nitrogens with one attached hydrogen (secondary N) is 1. The maximum atomic E-state index is 13.0. The summed E-state index contributed by atoms with van der Waals surface area (Å²) in [5.41, 5.74) is 1.00. The summed E-state index contributed by atoms with van der Waals surface area (Å²) in [6, 6.07) is 18.8. The minimum Gasteiger partial charge on any atom is -0.379 e. The topological polar surface area (TPSA) is 41.6 Å². The normalized spacial score (nSPS) is 16.1. The number of carbonyl (C=O) groups is 1. The maximum Gasteiger partial charge on any atom is 0.416 e. The van der Waals surface area contributed by atoms with Crippen molar-refractivity contribution in [3.05, 3.63) is 83.4 Å². The van der Waals surface area contributed by atoms with Crippen LogP contribution < -0.4 is 5.32 Å². The lowest BCUT2D eigenvalue weighted by Crippen LogP contribution is -2.44. The monoisotopic (exact) mass is 442 g/mol. The third kappa shape index (κ3) is 5.29. The second kappa shape index (κ2) is 9.71. The van der Waals surface area contributed by atoms with Crippen LogP contribution in [0, 0.1) is 0 Å². The Kier molecular flexibility index (Phi) is 6.77. The predicted molar refractivity (Wildman–Crippen MR) is 117 cm³/mol. The summed E-state index contributed by atoms with van der Waals surface area (Å²) in [6.45, 7) is 2.74. The number of benzene rings is 3. The molecule has 0 spiro atoms. The van der Waals surface area contributed by atoms with Gasteiger partial charge in [0, 0.05) is 19.6 Å². The number of amides is 1. The molecule has 1 heterocycles.